The van der Waals surface area contributed by atoms with Gasteiger partial charge in [-0.1, -0.05) is 5.16 Å². The Hall–Kier alpha value is -2.06. The Balaban J connectivity index is 1.35. The van der Waals surface area contributed by atoms with E-state index in [-0.39, 0.29) is 6.10 Å². The van der Waals surface area contributed by atoms with E-state index < -0.39 is 0 Å². The van der Waals surface area contributed by atoms with Crippen LogP contribution in [0.3, 0.4) is 0 Å². The molecule has 0 amide bonds. The summed E-state index contributed by atoms with van der Waals surface area (Å²) in [6, 6.07) is 0. The molecule has 1 aliphatic carbocycles. The molecule has 8 nitrogen and oxygen atoms in total. The fourth-order valence-corrected chi connectivity index (χ4v) is 3.01. The van der Waals surface area contributed by atoms with Gasteiger partial charge in [-0.15, -0.1) is 0 Å². The van der Waals surface area contributed by atoms with Crippen molar-refractivity contribution in [2.24, 2.45) is 5.92 Å². The zero-order valence-electron chi connectivity index (χ0n) is 13.6. The van der Waals surface area contributed by atoms with Gasteiger partial charge in [0.2, 0.25) is 5.88 Å². The van der Waals surface area contributed by atoms with Gasteiger partial charge in [-0.2, -0.15) is 4.98 Å². The first kappa shape index (κ1) is 15.5. The highest BCUT2D eigenvalue weighted by atomic mass is 16.5. The van der Waals surface area contributed by atoms with E-state index in [0.717, 1.165) is 37.3 Å². The van der Waals surface area contributed by atoms with Gasteiger partial charge in [-0.25, -0.2) is 4.98 Å². The molecule has 2 aliphatic rings. The van der Waals surface area contributed by atoms with Crippen LogP contribution in [-0.2, 0) is 11.3 Å². The van der Waals surface area contributed by atoms with Crippen LogP contribution < -0.4 is 10.1 Å². The lowest BCUT2D eigenvalue weighted by Gasteiger charge is -2.15. The van der Waals surface area contributed by atoms with Crippen LogP contribution in [0.1, 0.15) is 48.7 Å². The predicted molar refractivity (Wildman–Crippen MR) is 83.4 cm³/mol. The zero-order chi connectivity index (χ0) is 16.4. The molecule has 1 saturated carbocycles. The molecule has 8 heteroatoms. The molecule has 0 aromatic carbocycles. The molecule has 4 rings (SSSR count). The monoisotopic (exact) mass is 331 g/mol. The van der Waals surface area contributed by atoms with Crippen molar-refractivity contribution in [3.63, 3.8) is 0 Å². The molecule has 0 bridgehead atoms. The highest BCUT2D eigenvalue weighted by Crippen LogP contribution is 2.40. The molecular weight excluding hydrogens is 310 g/mol. The molecule has 0 spiro atoms. The maximum absolute atomic E-state index is 5.82. The quantitative estimate of drug-likeness (QED) is 0.817. The number of aromatic nitrogens is 4. The third-order valence-corrected chi connectivity index (χ3v) is 4.49. The summed E-state index contributed by atoms with van der Waals surface area (Å²) in [5.74, 6) is 2.79. The van der Waals surface area contributed by atoms with E-state index in [1.165, 1.54) is 0 Å². The van der Waals surface area contributed by atoms with Crippen molar-refractivity contribution < 1.29 is 14.0 Å². The van der Waals surface area contributed by atoms with Gasteiger partial charge in [0, 0.05) is 43.9 Å². The summed E-state index contributed by atoms with van der Waals surface area (Å²) in [6.45, 7) is 2.09. The van der Waals surface area contributed by atoms with Gasteiger partial charge in [0.05, 0.1) is 7.11 Å². The predicted octanol–water partition coefficient (Wildman–Crippen LogP) is 1.61. The summed E-state index contributed by atoms with van der Waals surface area (Å²) < 4.78 is 16.5. The second-order valence-corrected chi connectivity index (χ2v) is 6.25. The Morgan fingerprint density at radius 2 is 2.12 bits per heavy atom. The molecule has 128 valence electrons. The van der Waals surface area contributed by atoms with Crippen molar-refractivity contribution in [1.29, 1.82) is 0 Å². The van der Waals surface area contributed by atoms with Crippen molar-refractivity contribution in [2.75, 3.05) is 20.3 Å². The van der Waals surface area contributed by atoms with E-state index in [0.29, 0.717) is 36.8 Å². The lowest BCUT2D eigenvalue weighted by Crippen LogP contribution is -2.25. The maximum atomic E-state index is 5.82. The van der Waals surface area contributed by atoms with Crippen LogP contribution >= 0.6 is 0 Å². The number of nitrogens with one attached hydrogen (secondary N) is 1. The van der Waals surface area contributed by atoms with Gasteiger partial charge in [-0.05, 0) is 19.3 Å². The summed E-state index contributed by atoms with van der Waals surface area (Å²) in [7, 11) is 1.60. The number of hydrogen-bond donors (Lipinski definition) is 1. The second-order valence-electron chi connectivity index (χ2n) is 6.25. The lowest BCUT2D eigenvalue weighted by molar-refractivity contribution is 0.0623. The van der Waals surface area contributed by atoms with E-state index in [2.05, 4.69) is 25.4 Å². The van der Waals surface area contributed by atoms with Crippen molar-refractivity contribution in [2.45, 2.75) is 37.8 Å². The Labute approximate surface area is 140 Å². The Bertz CT molecular complexity index is 688. The third-order valence-electron chi connectivity index (χ3n) is 4.49. The fourth-order valence-electron chi connectivity index (χ4n) is 3.01. The van der Waals surface area contributed by atoms with Gasteiger partial charge in [0.15, 0.2) is 5.82 Å². The van der Waals surface area contributed by atoms with Crippen LogP contribution in [0.2, 0.25) is 0 Å². The van der Waals surface area contributed by atoms with Gasteiger partial charge in [-0.3, -0.25) is 4.98 Å². The van der Waals surface area contributed by atoms with E-state index in [1.807, 2.05) is 0 Å². The summed E-state index contributed by atoms with van der Waals surface area (Å²) >= 11 is 0. The van der Waals surface area contributed by atoms with Gasteiger partial charge < -0.3 is 19.3 Å². The number of hydrogen-bond acceptors (Lipinski definition) is 8. The molecule has 2 atom stereocenters. The number of methoxy groups -OCH3 is 1. The maximum Gasteiger partial charge on any atom is 0.256 e. The summed E-state index contributed by atoms with van der Waals surface area (Å²) in [5.41, 5.74) is 0.796. The highest BCUT2D eigenvalue weighted by Gasteiger charge is 2.36. The van der Waals surface area contributed by atoms with Crippen LogP contribution in [0.4, 0.5) is 0 Å². The van der Waals surface area contributed by atoms with Gasteiger partial charge >= 0.3 is 0 Å². The number of rotatable bonds is 7. The van der Waals surface area contributed by atoms with Gasteiger partial charge in [0.1, 0.15) is 11.8 Å². The lowest BCUT2D eigenvalue weighted by atomic mass is 10.0. The highest BCUT2D eigenvalue weighted by molar-refractivity contribution is 5.16. The summed E-state index contributed by atoms with van der Waals surface area (Å²) in [4.78, 5) is 13.0. The van der Waals surface area contributed by atoms with Crippen molar-refractivity contribution in [3.05, 3.63) is 29.8 Å². The Morgan fingerprint density at radius 3 is 2.96 bits per heavy atom. The summed E-state index contributed by atoms with van der Waals surface area (Å²) in [5, 5.41) is 7.49. The molecule has 1 saturated heterocycles. The van der Waals surface area contributed by atoms with Crippen LogP contribution in [0, 0.1) is 5.92 Å². The summed E-state index contributed by atoms with van der Waals surface area (Å²) in [6.07, 6.45) is 6.46. The second kappa shape index (κ2) is 6.82. The SMILES string of the molecule is COc1nccnc1CNC[C@@H]1CCO[C@@H]1c1nc(C2CC2)no1. The molecule has 3 heterocycles. The first-order valence-electron chi connectivity index (χ1n) is 8.35. The van der Waals surface area contributed by atoms with E-state index in [1.54, 1.807) is 19.5 Å². The molecule has 0 radical (unpaired) electrons. The smallest absolute Gasteiger partial charge is 0.256 e. The molecule has 24 heavy (non-hydrogen) atoms. The van der Waals surface area contributed by atoms with Gasteiger partial charge in [0.25, 0.3) is 5.89 Å². The van der Waals surface area contributed by atoms with Crippen molar-refractivity contribution in [3.8, 4) is 5.88 Å². The molecule has 1 aliphatic heterocycles. The molecular formula is C16H21N5O3. The first-order valence-corrected chi connectivity index (χ1v) is 8.35. The van der Waals surface area contributed by atoms with E-state index in [9.17, 15) is 0 Å². The van der Waals surface area contributed by atoms with Crippen LogP contribution in [-0.4, -0.2) is 40.4 Å². The molecule has 2 aromatic heterocycles. The average Bonchev–Trinajstić information content (AvgIpc) is 3.17. The van der Waals surface area contributed by atoms with Crippen molar-refractivity contribution >= 4 is 0 Å². The Kier molecular flexibility index (Phi) is 4.40. The van der Waals surface area contributed by atoms with Crippen LogP contribution in [0.15, 0.2) is 16.9 Å². The molecule has 2 fully saturated rings. The number of ether oxygens (including phenoxy) is 2. The standard InChI is InChI=1S/C16H21N5O3/c1-22-15-12(18-5-6-19-15)9-17-8-11-4-7-23-13(11)16-20-14(21-24-16)10-2-3-10/h5-6,10-11,13,17H,2-4,7-9H2,1H3/t11-,13-/m0/s1. The topological polar surface area (TPSA) is 95.2 Å². The molecule has 1 N–H and O–H groups in total. The minimum absolute atomic E-state index is 0.124. The fraction of sp³-hybridized carbons (Fsp3) is 0.625. The van der Waals surface area contributed by atoms with Crippen LogP contribution in [0.5, 0.6) is 5.88 Å². The van der Waals surface area contributed by atoms with E-state index >= 15 is 0 Å². The van der Waals surface area contributed by atoms with Crippen molar-refractivity contribution in [1.82, 2.24) is 25.4 Å². The third kappa shape index (κ3) is 3.25. The van der Waals surface area contributed by atoms with Crippen LogP contribution in [0.25, 0.3) is 0 Å². The first-order chi connectivity index (χ1) is 11.8. The average molecular weight is 331 g/mol. The largest absolute Gasteiger partial charge is 0.480 e. The minimum atomic E-state index is -0.124. The Morgan fingerprint density at radius 1 is 1.25 bits per heavy atom. The van der Waals surface area contributed by atoms with E-state index in [4.69, 9.17) is 14.0 Å². The number of nitrogens with zero attached hydrogens (tertiary/aromatic N) is 4. The zero-order valence-corrected chi connectivity index (χ0v) is 13.6. The molecule has 0 unspecified atom stereocenters. The molecule has 2 aromatic rings. The normalized spacial score (nSPS) is 23.5. The minimum Gasteiger partial charge on any atom is -0.480 e.